The van der Waals surface area contributed by atoms with Crippen LogP contribution in [0.2, 0.25) is 0 Å². The van der Waals surface area contributed by atoms with Crippen molar-refractivity contribution in [1.82, 2.24) is 25.5 Å². The first-order valence-corrected chi connectivity index (χ1v) is 11.1. The number of amides is 1. The van der Waals surface area contributed by atoms with Crippen molar-refractivity contribution < 1.29 is 14.3 Å². The molecule has 2 aliphatic heterocycles. The molecule has 10 nitrogen and oxygen atoms in total. The van der Waals surface area contributed by atoms with Crippen LogP contribution in [0.4, 0.5) is 4.39 Å². The minimum atomic E-state index is -0.832. The summed E-state index contributed by atoms with van der Waals surface area (Å²) in [4.78, 5) is 34.6. The summed E-state index contributed by atoms with van der Waals surface area (Å²) in [5, 5.41) is 28.0. The highest BCUT2D eigenvalue weighted by molar-refractivity contribution is 5.94. The van der Waals surface area contributed by atoms with Gasteiger partial charge in [-0.05, 0) is 55.7 Å². The number of halogens is 1. The first-order chi connectivity index (χ1) is 16.3. The lowest BCUT2D eigenvalue weighted by Gasteiger charge is -2.37. The van der Waals surface area contributed by atoms with Gasteiger partial charge in [0.1, 0.15) is 11.6 Å². The summed E-state index contributed by atoms with van der Waals surface area (Å²) < 4.78 is 14.9. The maximum Gasteiger partial charge on any atom is 0.296 e. The normalized spacial score (nSPS) is 21.2. The van der Waals surface area contributed by atoms with Crippen molar-refractivity contribution in [3.05, 3.63) is 57.0 Å². The molecule has 0 saturated heterocycles. The van der Waals surface area contributed by atoms with Gasteiger partial charge in [0.25, 0.3) is 11.5 Å². The van der Waals surface area contributed by atoms with E-state index >= 15 is 0 Å². The molecule has 11 heteroatoms. The van der Waals surface area contributed by atoms with Gasteiger partial charge in [0.15, 0.2) is 11.9 Å². The largest absolute Gasteiger partial charge is 0.501 e. The van der Waals surface area contributed by atoms with Crippen LogP contribution >= 0.6 is 0 Å². The van der Waals surface area contributed by atoms with E-state index in [9.17, 15) is 19.1 Å². The molecule has 0 spiro atoms. The fourth-order valence-corrected chi connectivity index (χ4v) is 4.76. The van der Waals surface area contributed by atoms with Crippen LogP contribution in [-0.4, -0.2) is 33.6 Å². The molecule has 1 aliphatic carbocycles. The summed E-state index contributed by atoms with van der Waals surface area (Å²) in [7, 11) is 1.53. The van der Waals surface area contributed by atoms with E-state index in [-0.39, 0.29) is 29.9 Å². The lowest BCUT2D eigenvalue weighted by Crippen LogP contribution is -2.53. The van der Waals surface area contributed by atoms with Crippen LogP contribution in [0.25, 0.3) is 0 Å². The van der Waals surface area contributed by atoms with E-state index in [0.29, 0.717) is 36.3 Å². The highest BCUT2D eigenvalue weighted by atomic mass is 19.1. The third-order valence-corrected chi connectivity index (χ3v) is 6.62. The van der Waals surface area contributed by atoms with E-state index in [1.54, 1.807) is 19.1 Å². The third kappa shape index (κ3) is 4.19. The van der Waals surface area contributed by atoms with Crippen molar-refractivity contribution in [3.63, 3.8) is 0 Å². The number of aromatic hydroxyl groups is 1. The predicted molar refractivity (Wildman–Crippen MR) is 121 cm³/mol. The van der Waals surface area contributed by atoms with Crippen molar-refractivity contribution in [2.24, 2.45) is 10.9 Å². The lowest BCUT2D eigenvalue weighted by molar-refractivity contribution is 0.0941. The molecule has 0 atom stereocenters. The minimum Gasteiger partial charge on any atom is -0.501 e. The number of guanidine groups is 1. The molecule has 3 heterocycles. The van der Waals surface area contributed by atoms with Crippen molar-refractivity contribution in [1.29, 1.82) is 5.26 Å². The number of aliphatic imine (C=N–C) groups is 1. The fourth-order valence-electron chi connectivity index (χ4n) is 4.76. The smallest absolute Gasteiger partial charge is 0.296 e. The highest BCUT2D eigenvalue weighted by Crippen LogP contribution is 2.42. The molecule has 3 aliphatic rings. The van der Waals surface area contributed by atoms with Gasteiger partial charge in [-0.2, -0.15) is 5.26 Å². The first kappa shape index (κ1) is 23.2. The minimum absolute atomic E-state index is 0.0731. The van der Waals surface area contributed by atoms with E-state index in [4.69, 9.17) is 5.26 Å². The number of nitrogens with one attached hydrogen (secondary N) is 3. The molecule has 0 radical (unpaired) electrons. The molecule has 2 aromatic rings. The zero-order valence-electron chi connectivity index (χ0n) is 19.0. The van der Waals surface area contributed by atoms with Crippen molar-refractivity contribution in [2.45, 2.75) is 51.2 Å². The Balaban J connectivity index is 1.70. The van der Waals surface area contributed by atoms with Gasteiger partial charge in [0, 0.05) is 20.1 Å². The number of nitrogens with zero attached hydrogens (tertiary/aromatic N) is 4. The fraction of sp³-hybridized carbons (Fsp3) is 0.435. The Morgan fingerprint density at radius 2 is 2.15 bits per heavy atom. The molecule has 1 fully saturated rings. The second-order valence-electron chi connectivity index (χ2n) is 8.77. The zero-order chi connectivity index (χ0) is 24.5. The van der Waals surface area contributed by atoms with Crippen molar-refractivity contribution >= 4 is 11.9 Å². The molecular weight excluding hydrogens is 441 g/mol. The van der Waals surface area contributed by atoms with Gasteiger partial charge < -0.3 is 15.7 Å². The van der Waals surface area contributed by atoms with E-state index in [2.05, 4.69) is 25.9 Å². The van der Waals surface area contributed by atoms with Crippen LogP contribution < -0.4 is 21.5 Å². The number of hydrogen-bond donors (Lipinski definition) is 4. The zero-order valence-corrected chi connectivity index (χ0v) is 19.0. The monoisotopic (exact) mass is 467 g/mol. The number of hydrogen-bond acceptors (Lipinski definition) is 6. The van der Waals surface area contributed by atoms with Crippen LogP contribution in [0.3, 0.4) is 0 Å². The average Bonchev–Trinajstić information content (AvgIpc) is 3.07. The van der Waals surface area contributed by atoms with Gasteiger partial charge >= 0.3 is 0 Å². The van der Waals surface area contributed by atoms with E-state index in [1.165, 1.54) is 17.7 Å². The molecule has 5 rings (SSSR count). The topological polar surface area (TPSA) is 144 Å². The van der Waals surface area contributed by atoms with Crippen molar-refractivity contribution in [3.8, 4) is 11.9 Å². The summed E-state index contributed by atoms with van der Waals surface area (Å²) >= 11 is 0. The molecule has 0 unspecified atom stereocenters. The number of fused-ring (bicyclic) bond motifs is 2. The van der Waals surface area contributed by atoms with Gasteiger partial charge in [-0.3, -0.25) is 24.5 Å². The SMILES string of the molecule is CN=C(NC#N)NC12CCC(CC1)Cn1c2nc(C(=O)NCc2ccc(F)c(C)c2)c(O)c1=O. The van der Waals surface area contributed by atoms with Crippen LogP contribution in [0.15, 0.2) is 28.0 Å². The van der Waals surface area contributed by atoms with Crippen LogP contribution in [0.5, 0.6) is 5.75 Å². The van der Waals surface area contributed by atoms with E-state index < -0.39 is 22.8 Å². The van der Waals surface area contributed by atoms with Gasteiger partial charge in [0.05, 0.1) is 5.54 Å². The Morgan fingerprint density at radius 1 is 1.41 bits per heavy atom. The molecule has 1 aromatic heterocycles. The van der Waals surface area contributed by atoms with Crippen LogP contribution in [0, 0.1) is 30.1 Å². The third-order valence-electron chi connectivity index (χ3n) is 6.62. The molecule has 178 valence electrons. The van der Waals surface area contributed by atoms with Gasteiger partial charge in [-0.15, -0.1) is 0 Å². The number of aryl methyl sites for hydroxylation is 1. The summed E-state index contributed by atoms with van der Waals surface area (Å²) in [5.41, 5.74) is -0.775. The lowest BCUT2D eigenvalue weighted by atomic mass is 9.77. The molecular formula is C23H26FN7O3. The molecule has 1 amide bonds. The summed E-state index contributed by atoms with van der Waals surface area (Å²) in [6.45, 7) is 2.08. The Hall–Kier alpha value is -3.94. The quantitative estimate of drug-likeness (QED) is 0.230. The van der Waals surface area contributed by atoms with E-state index in [0.717, 1.165) is 12.8 Å². The summed E-state index contributed by atoms with van der Waals surface area (Å²) in [6, 6.07) is 4.47. The number of carbonyl (C=O) groups is 1. The molecule has 1 saturated carbocycles. The highest BCUT2D eigenvalue weighted by Gasteiger charge is 2.45. The average molecular weight is 468 g/mol. The summed E-state index contributed by atoms with van der Waals surface area (Å²) in [5.74, 6) is -0.974. The second-order valence-corrected chi connectivity index (χ2v) is 8.77. The van der Waals surface area contributed by atoms with Crippen LogP contribution in [-0.2, 0) is 18.6 Å². The molecule has 2 bridgehead atoms. The Bertz CT molecular complexity index is 1260. The van der Waals surface area contributed by atoms with Crippen LogP contribution in [0.1, 0.15) is 53.1 Å². The number of nitriles is 1. The predicted octanol–water partition coefficient (Wildman–Crippen LogP) is 1.37. The molecule has 1 aromatic carbocycles. The number of aromatic nitrogens is 2. The van der Waals surface area contributed by atoms with Gasteiger partial charge in [0.2, 0.25) is 11.7 Å². The second kappa shape index (κ2) is 9.13. The molecule has 4 N–H and O–H groups in total. The number of carbonyl (C=O) groups excluding carboxylic acids is 1. The van der Waals surface area contributed by atoms with E-state index in [1.807, 2.05) is 6.19 Å². The first-order valence-electron chi connectivity index (χ1n) is 11.1. The Kier molecular flexibility index (Phi) is 6.24. The number of benzene rings is 1. The Morgan fingerprint density at radius 3 is 2.79 bits per heavy atom. The van der Waals surface area contributed by atoms with Gasteiger partial charge in [-0.1, -0.05) is 12.1 Å². The Labute approximate surface area is 195 Å². The van der Waals surface area contributed by atoms with Crippen molar-refractivity contribution in [2.75, 3.05) is 7.05 Å². The maximum atomic E-state index is 13.5. The maximum absolute atomic E-state index is 13.5. The standard InChI is InChI=1S/C23H26FN7O3/c1-13-9-15(3-4-16(13)24)10-27-19(33)17-18(32)20(34)31-11-14-5-7-23(8-6-14,21(31)29-17)30-22(26-2)28-12-25/h3-4,9,14,32H,5-8,10-11H2,1-2H3,(H,27,33)(H2,26,28,30). The number of rotatable bonds is 4. The van der Waals surface area contributed by atoms with Gasteiger partial charge in [-0.25, -0.2) is 9.37 Å². The molecule has 34 heavy (non-hydrogen) atoms. The summed E-state index contributed by atoms with van der Waals surface area (Å²) in [6.07, 6.45) is 4.70.